The lowest BCUT2D eigenvalue weighted by Gasteiger charge is -2.16. The lowest BCUT2D eigenvalue weighted by Crippen LogP contribution is -2.30. The fraction of sp³-hybridized carbons (Fsp3) is 0.120. The van der Waals surface area contributed by atoms with Gasteiger partial charge < -0.3 is 10.1 Å². The van der Waals surface area contributed by atoms with E-state index in [1.807, 2.05) is 26.0 Å². The van der Waals surface area contributed by atoms with Crippen molar-refractivity contribution in [3.8, 4) is 0 Å². The van der Waals surface area contributed by atoms with E-state index in [0.29, 0.717) is 16.4 Å². The van der Waals surface area contributed by atoms with Crippen LogP contribution in [0.5, 0.6) is 0 Å². The third kappa shape index (κ3) is 4.36. The van der Waals surface area contributed by atoms with E-state index in [9.17, 15) is 19.2 Å². The van der Waals surface area contributed by atoms with Gasteiger partial charge in [0.1, 0.15) is 0 Å². The molecule has 0 saturated carbocycles. The minimum atomic E-state index is -0.794. The zero-order valence-corrected chi connectivity index (χ0v) is 18.6. The summed E-state index contributed by atoms with van der Waals surface area (Å²) in [5.74, 6) is -2.34. The van der Waals surface area contributed by atoms with Gasteiger partial charge in [0.2, 0.25) is 0 Å². The number of benzene rings is 3. The Morgan fingerprint density at radius 3 is 2.39 bits per heavy atom. The van der Waals surface area contributed by atoms with Crippen LogP contribution >= 0.6 is 11.6 Å². The second-order valence-electron chi connectivity index (χ2n) is 7.60. The molecule has 0 radical (unpaired) electrons. The van der Waals surface area contributed by atoms with Crippen molar-refractivity contribution in [3.63, 3.8) is 0 Å². The molecule has 0 aliphatic carbocycles. The summed E-state index contributed by atoms with van der Waals surface area (Å²) in [6.45, 7) is 3.21. The molecule has 1 aliphatic rings. The highest BCUT2D eigenvalue weighted by molar-refractivity contribution is 6.35. The summed E-state index contributed by atoms with van der Waals surface area (Å²) < 4.78 is 5.06. The molecule has 0 fully saturated rings. The van der Waals surface area contributed by atoms with Crippen molar-refractivity contribution in [2.45, 2.75) is 13.8 Å². The van der Waals surface area contributed by atoms with E-state index in [4.69, 9.17) is 16.3 Å². The molecule has 8 heteroatoms. The number of carbonyl (C=O) groups excluding carboxylic acids is 4. The number of imide groups is 1. The van der Waals surface area contributed by atoms with Gasteiger partial charge in [0.05, 0.1) is 33.1 Å². The molecule has 7 nitrogen and oxygen atoms in total. The lowest BCUT2D eigenvalue weighted by molar-refractivity contribution is -0.119. The monoisotopic (exact) mass is 462 g/mol. The number of hydrogen-bond donors (Lipinski definition) is 1. The molecule has 1 heterocycles. The Hall–Kier alpha value is -3.97. The first-order valence-corrected chi connectivity index (χ1v) is 10.5. The first-order chi connectivity index (χ1) is 15.8. The number of esters is 1. The minimum absolute atomic E-state index is 0.0583. The van der Waals surface area contributed by atoms with Crippen LogP contribution in [0.4, 0.5) is 11.4 Å². The summed E-state index contributed by atoms with van der Waals surface area (Å²) in [5.41, 5.74) is 3.05. The summed E-state index contributed by atoms with van der Waals surface area (Å²) in [4.78, 5) is 51.5. The van der Waals surface area contributed by atoms with Gasteiger partial charge in [-0.2, -0.15) is 0 Å². The number of hydrogen-bond acceptors (Lipinski definition) is 5. The maximum Gasteiger partial charge on any atom is 0.338 e. The third-order valence-electron chi connectivity index (χ3n) is 5.20. The number of amides is 3. The highest BCUT2D eigenvalue weighted by Crippen LogP contribution is 2.31. The maximum atomic E-state index is 13.0. The van der Waals surface area contributed by atoms with E-state index in [-0.39, 0.29) is 16.7 Å². The van der Waals surface area contributed by atoms with Crippen molar-refractivity contribution in [2.24, 2.45) is 0 Å². The number of carbonyl (C=O) groups is 4. The largest absolute Gasteiger partial charge is 0.452 e. The molecule has 4 rings (SSSR count). The third-order valence-corrected chi connectivity index (χ3v) is 5.53. The van der Waals surface area contributed by atoms with E-state index in [0.717, 1.165) is 16.0 Å². The van der Waals surface area contributed by atoms with Gasteiger partial charge in [-0.05, 0) is 55.8 Å². The molecule has 1 N–H and O–H groups in total. The zero-order chi connectivity index (χ0) is 23.7. The van der Waals surface area contributed by atoms with Gasteiger partial charge in [0, 0.05) is 0 Å². The second kappa shape index (κ2) is 8.88. The predicted molar refractivity (Wildman–Crippen MR) is 124 cm³/mol. The van der Waals surface area contributed by atoms with Crippen molar-refractivity contribution >= 4 is 46.7 Å². The van der Waals surface area contributed by atoms with Crippen molar-refractivity contribution in [3.05, 3.63) is 93.5 Å². The fourth-order valence-electron chi connectivity index (χ4n) is 3.61. The maximum absolute atomic E-state index is 13.0. The van der Waals surface area contributed by atoms with Crippen molar-refractivity contribution in [1.29, 1.82) is 0 Å². The van der Waals surface area contributed by atoms with Crippen LogP contribution < -0.4 is 10.2 Å². The molecule has 3 aromatic carbocycles. The topological polar surface area (TPSA) is 92.8 Å². The first-order valence-electron chi connectivity index (χ1n) is 10.1. The molecule has 0 spiro atoms. The SMILES string of the molecule is Cc1ccc(N2C(=O)c3ccc(C(=O)OCC(=O)Nc4ccccc4Cl)cc3C2=O)c(C)c1. The highest BCUT2D eigenvalue weighted by Gasteiger charge is 2.37. The van der Waals surface area contributed by atoms with Gasteiger partial charge in [-0.15, -0.1) is 0 Å². The highest BCUT2D eigenvalue weighted by atomic mass is 35.5. The Morgan fingerprint density at radius 1 is 0.939 bits per heavy atom. The van der Waals surface area contributed by atoms with Gasteiger partial charge in [0.15, 0.2) is 6.61 Å². The molecule has 3 amide bonds. The van der Waals surface area contributed by atoms with Crippen LogP contribution in [-0.2, 0) is 9.53 Å². The molecule has 166 valence electrons. The molecule has 0 saturated heterocycles. The van der Waals surface area contributed by atoms with Crippen molar-refractivity contribution in [1.82, 2.24) is 0 Å². The number of halogens is 1. The van der Waals surface area contributed by atoms with Gasteiger partial charge in [-0.25, -0.2) is 9.69 Å². The number of aryl methyl sites for hydroxylation is 2. The Bertz CT molecular complexity index is 1320. The van der Waals surface area contributed by atoms with E-state index in [1.54, 1.807) is 30.3 Å². The summed E-state index contributed by atoms with van der Waals surface area (Å²) >= 11 is 5.99. The Labute approximate surface area is 194 Å². The minimum Gasteiger partial charge on any atom is -0.452 e. The summed E-state index contributed by atoms with van der Waals surface area (Å²) in [6.07, 6.45) is 0. The van der Waals surface area contributed by atoms with E-state index < -0.39 is 30.3 Å². The van der Waals surface area contributed by atoms with Crippen LogP contribution in [-0.4, -0.2) is 30.3 Å². The summed E-state index contributed by atoms with van der Waals surface area (Å²) in [7, 11) is 0. The van der Waals surface area contributed by atoms with Crippen molar-refractivity contribution in [2.75, 3.05) is 16.8 Å². The molecular formula is C25H19ClN2O5. The van der Waals surface area contributed by atoms with Gasteiger partial charge in [-0.1, -0.05) is 41.4 Å². The second-order valence-corrected chi connectivity index (χ2v) is 8.01. The number of ether oxygens (including phenoxy) is 1. The molecule has 0 bridgehead atoms. The number of nitrogens with zero attached hydrogens (tertiary/aromatic N) is 1. The number of rotatable bonds is 5. The van der Waals surface area contributed by atoms with Crippen molar-refractivity contribution < 1.29 is 23.9 Å². The van der Waals surface area contributed by atoms with Gasteiger partial charge in [-0.3, -0.25) is 14.4 Å². The van der Waals surface area contributed by atoms with E-state index >= 15 is 0 Å². The molecule has 0 unspecified atom stereocenters. The molecule has 33 heavy (non-hydrogen) atoms. The average molecular weight is 463 g/mol. The molecule has 0 aromatic heterocycles. The molecule has 1 aliphatic heterocycles. The Kier molecular flexibility index (Phi) is 5.98. The smallest absolute Gasteiger partial charge is 0.338 e. The van der Waals surface area contributed by atoms with Gasteiger partial charge in [0.25, 0.3) is 17.7 Å². The van der Waals surface area contributed by atoms with Crippen LogP contribution in [0.2, 0.25) is 5.02 Å². The Balaban J connectivity index is 1.48. The summed E-state index contributed by atoms with van der Waals surface area (Å²) in [5, 5.41) is 2.91. The fourth-order valence-corrected chi connectivity index (χ4v) is 3.79. The number of anilines is 2. The van der Waals surface area contributed by atoms with Gasteiger partial charge >= 0.3 is 5.97 Å². The van der Waals surface area contributed by atoms with Crippen LogP contribution in [0, 0.1) is 13.8 Å². The molecule has 0 atom stereocenters. The van der Waals surface area contributed by atoms with E-state index in [1.165, 1.54) is 18.2 Å². The number of fused-ring (bicyclic) bond motifs is 1. The Morgan fingerprint density at radius 2 is 1.67 bits per heavy atom. The van der Waals surface area contributed by atoms with E-state index in [2.05, 4.69) is 5.32 Å². The first kappa shape index (κ1) is 22.2. The molecule has 3 aromatic rings. The van der Waals surface area contributed by atoms with Crippen LogP contribution in [0.3, 0.4) is 0 Å². The quantitative estimate of drug-likeness (QED) is 0.443. The standard InChI is InChI=1S/C25H19ClN2O5/c1-14-7-10-21(15(2)11-14)28-23(30)17-9-8-16(12-18(17)24(28)31)25(32)33-13-22(29)27-20-6-4-3-5-19(20)26/h3-12H,13H2,1-2H3,(H,27,29). The average Bonchev–Trinajstić information content (AvgIpc) is 3.03. The summed E-state index contributed by atoms with van der Waals surface area (Å²) in [6, 6.07) is 16.2. The van der Waals surface area contributed by atoms with Crippen LogP contribution in [0.15, 0.2) is 60.7 Å². The number of nitrogens with one attached hydrogen (secondary N) is 1. The lowest BCUT2D eigenvalue weighted by atomic mass is 10.1. The van der Waals surface area contributed by atoms with Crippen LogP contribution in [0.25, 0.3) is 0 Å². The number of para-hydroxylation sites is 1. The molecular weight excluding hydrogens is 444 g/mol. The predicted octanol–water partition coefficient (Wildman–Crippen LogP) is 4.55. The normalized spacial score (nSPS) is 12.5. The zero-order valence-electron chi connectivity index (χ0n) is 17.8. The van der Waals surface area contributed by atoms with Crippen LogP contribution in [0.1, 0.15) is 42.2 Å².